The first kappa shape index (κ1) is 21.6. The van der Waals surface area contributed by atoms with E-state index in [1.807, 2.05) is 0 Å². The maximum atomic E-state index is 11.8. The Morgan fingerprint density at radius 3 is 1.96 bits per heavy atom. The molecule has 0 spiro atoms. The van der Waals surface area contributed by atoms with Crippen molar-refractivity contribution in [1.82, 2.24) is 5.32 Å². The molecule has 0 aliphatic carbocycles. The average molecular weight is 366 g/mol. The summed E-state index contributed by atoms with van der Waals surface area (Å²) in [5, 5.41) is 33.1. The Morgan fingerprint density at radius 2 is 1.38 bits per heavy atom. The minimum Gasteiger partial charge on any atom is -0.504 e. The van der Waals surface area contributed by atoms with E-state index in [2.05, 4.69) is 17.6 Å². The maximum Gasteiger partial charge on any atom is 0.233 e. The van der Waals surface area contributed by atoms with E-state index >= 15 is 0 Å². The number of amides is 2. The maximum absolute atomic E-state index is 11.8. The molecule has 0 aromatic heterocycles. The van der Waals surface area contributed by atoms with Gasteiger partial charge >= 0.3 is 0 Å². The van der Waals surface area contributed by atoms with Crippen molar-refractivity contribution in [2.45, 2.75) is 64.7 Å². The van der Waals surface area contributed by atoms with Gasteiger partial charge in [0.15, 0.2) is 17.2 Å². The number of carbonyl (C=O) groups excluding carboxylic acids is 2. The average Bonchev–Trinajstić information content (AvgIpc) is 2.58. The van der Waals surface area contributed by atoms with Gasteiger partial charge in [0.05, 0.1) is 0 Å². The number of unbranched alkanes of at least 4 members (excludes halogenated alkanes) is 7. The first-order valence-electron chi connectivity index (χ1n) is 9.25. The molecule has 146 valence electrons. The smallest absolute Gasteiger partial charge is 0.233 e. The van der Waals surface area contributed by atoms with Crippen molar-refractivity contribution >= 4 is 17.5 Å². The fourth-order valence-electron chi connectivity index (χ4n) is 2.58. The molecule has 1 aromatic rings. The van der Waals surface area contributed by atoms with Crippen LogP contribution in [0.5, 0.6) is 17.2 Å². The molecule has 0 radical (unpaired) electrons. The normalized spacial score (nSPS) is 10.5. The lowest BCUT2D eigenvalue weighted by Crippen LogP contribution is -2.28. The molecular weight excluding hydrogens is 336 g/mol. The van der Waals surface area contributed by atoms with E-state index in [4.69, 9.17) is 0 Å². The highest BCUT2D eigenvalue weighted by atomic mass is 16.3. The zero-order valence-electron chi connectivity index (χ0n) is 15.4. The second kappa shape index (κ2) is 12.0. The Morgan fingerprint density at radius 1 is 0.846 bits per heavy atom. The van der Waals surface area contributed by atoms with Crippen LogP contribution in [0.2, 0.25) is 0 Å². The van der Waals surface area contributed by atoms with Gasteiger partial charge in [0.1, 0.15) is 6.42 Å². The van der Waals surface area contributed by atoms with Crippen molar-refractivity contribution in [3.63, 3.8) is 0 Å². The van der Waals surface area contributed by atoms with Crippen LogP contribution in [0.25, 0.3) is 0 Å². The van der Waals surface area contributed by atoms with E-state index in [0.717, 1.165) is 31.4 Å². The van der Waals surface area contributed by atoms with Crippen molar-refractivity contribution < 1.29 is 24.9 Å². The number of anilines is 1. The summed E-state index contributed by atoms with van der Waals surface area (Å²) in [7, 11) is 0. The second-order valence-corrected chi connectivity index (χ2v) is 6.41. The minimum absolute atomic E-state index is 0.0960. The van der Waals surface area contributed by atoms with Crippen LogP contribution >= 0.6 is 0 Å². The van der Waals surface area contributed by atoms with Crippen LogP contribution in [0.4, 0.5) is 5.69 Å². The molecule has 5 N–H and O–H groups in total. The molecule has 0 unspecified atom stereocenters. The first-order chi connectivity index (χ1) is 12.4. The quantitative estimate of drug-likeness (QED) is 0.168. The van der Waals surface area contributed by atoms with Crippen LogP contribution in [-0.2, 0) is 9.59 Å². The molecule has 0 aliphatic rings. The van der Waals surface area contributed by atoms with Crippen LogP contribution in [0.3, 0.4) is 0 Å². The fraction of sp³-hybridized carbons (Fsp3) is 0.579. The number of hydrogen-bond donors (Lipinski definition) is 5. The number of benzene rings is 1. The Labute approximate surface area is 154 Å². The van der Waals surface area contributed by atoms with Crippen molar-refractivity contribution in [2.75, 3.05) is 11.9 Å². The van der Waals surface area contributed by atoms with E-state index in [0.29, 0.717) is 6.54 Å². The van der Waals surface area contributed by atoms with Gasteiger partial charge in [-0.2, -0.15) is 0 Å². The molecule has 7 nitrogen and oxygen atoms in total. The van der Waals surface area contributed by atoms with Gasteiger partial charge in [0.2, 0.25) is 11.8 Å². The molecule has 7 heteroatoms. The molecule has 0 saturated carbocycles. The van der Waals surface area contributed by atoms with Crippen LogP contribution in [-0.4, -0.2) is 33.7 Å². The van der Waals surface area contributed by atoms with Gasteiger partial charge in [-0.15, -0.1) is 0 Å². The molecule has 0 atom stereocenters. The van der Waals surface area contributed by atoms with Gasteiger partial charge < -0.3 is 26.0 Å². The largest absolute Gasteiger partial charge is 0.504 e. The molecule has 1 aromatic carbocycles. The lowest BCUT2D eigenvalue weighted by atomic mass is 10.1. The van der Waals surface area contributed by atoms with Crippen LogP contribution < -0.4 is 10.6 Å². The first-order valence-corrected chi connectivity index (χ1v) is 9.25. The zero-order chi connectivity index (χ0) is 19.4. The Hall–Kier alpha value is -2.44. The van der Waals surface area contributed by atoms with Gasteiger partial charge in [-0.05, 0) is 6.42 Å². The molecule has 1 rings (SSSR count). The van der Waals surface area contributed by atoms with Crippen molar-refractivity contribution in [3.8, 4) is 17.2 Å². The van der Waals surface area contributed by atoms with E-state index < -0.39 is 23.2 Å². The van der Waals surface area contributed by atoms with Gasteiger partial charge in [0.25, 0.3) is 0 Å². The molecule has 0 saturated heterocycles. The summed E-state index contributed by atoms with van der Waals surface area (Å²) in [6, 6.07) is 2.18. The van der Waals surface area contributed by atoms with E-state index in [1.165, 1.54) is 32.1 Å². The van der Waals surface area contributed by atoms with Crippen molar-refractivity contribution in [1.29, 1.82) is 0 Å². The Balaban J connectivity index is 2.16. The number of carbonyl (C=O) groups is 2. The summed E-state index contributed by atoms with van der Waals surface area (Å²) >= 11 is 0. The minimum atomic E-state index is -0.661. The van der Waals surface area contributed by atoms with Gasteiger partial charge in [-0.3, -0.25) is 9.59 Å². The zero-order valence-corrected chi connectivity index (χ0v) is 15.4. The molecular formula is C19H30N2O5. The molecule has 26 heavy (non-hydrogen) atoms. The van der Waals surface area contributed by atoms with Crippen molar-refractivity contribution in [3.05, 3.63) is 12.1 Å². The van der Waals surface area contributed by atoms with E-state index in [-0.39, 0.29) is 18.0 Å². The molecule has 0 heterocycles. The molecule has 0 aliphatic heterocycles. The predicted molar refractivity (Wildman–Crippen MR) is 100 cm³/mol. The second-order valence-electron chi connectivity index (χ2n) is 6.41. The van der Waals surface area contributed by atoms with Crippen LogP contribution in [0.15, 0.2) is 12.1 Å². The summed E-state index contributed by atoms with van der Waals surface area (Å²) < 4.78 is 0. The molecule has 2 amide bonds. The van der Waals surface area contributed by atoms with E-state index in [9.17, 15) is 24.9 Å². The standard InChI is InChI=1S/C19H30N2O5/c1-2-3-4-5-6-7-8-9-10-20-17(24)13-18(25)21-14-11-15(22)19(26)16(23)12-14/h11-12,22-23,26H,2-10,13H2,1H3,(H,20,24)(H,21,25). The van der Waals surface area contributed by atoms with Gasteiger partial charge in [0, 0.05) is 24.4 Å². The Bertz CT molecular complexity index is 566. The lowest BCUT2D eigenvalue weighted by molar-refractivity contribution is -0.126. The number of phenolic OH excluding ortho intramolecular Hbond substituents is 3. The Kier molecular flexibility index (Phi) is 9.97. The topological polar surface area (TPSA) is 119 Å². The third kappa shape index (κ3) is 8.60. The third-order valence-electron chi connectivity index (χ3n) is 4.03. The number of aromatic hydroxyl groups is 3. The molecule has 0 fully saturated rings. The summed E-state index contributed by atoms with van der Waals surface area (Å²) in [4.78, 5) is 23.5. The summed E-state index contributed by atoms with van der Waals surface area (Å²) in [6.07, 6.45) is 9.08. The van der Waals surface area contributed by atoms with E-state index in [1.54, 1.807) is 0 Å². The summed E-state index contributed by atoms with van der Waals surface area (Å²) in [6.45, 7) is 2.74. The van der Waals surface area contributed by atoms with Crippen LogP contribution in [0, 0.1) is 0 Å². The number of phenols is 3. The number of nitrogens with one attached hydrogen (secondary N) is 2. The third-order valence-corrected chi connectivity index (χ3v) is 4.03. The van der Waals surface area contributed by atoms with Crippen molar-refractivity contribution in [2.24, 2.45) is 0 Å². The monoisotopic (exact) mass is 366 g/mol. The van der Waals surface area contributed by atoms with Gasteiger partial charge in [-0.1, -0.05) is 51.9 Å². The van der Waals surface area contributed by atoms with Gasteiger partial charge in [-0.25, -0.2) is 0 Å². The number of rotatable bonds is 12. The highest BCUT2D eigenvalue weighted by Gasteiger charge is 2.12. The fourth-order valence-corrected chi connectivity index (χ4v) is 2.58. The molecule has 0 bridgehead atoms. The highest BCUT2D eigenvalue weighted by Crippen LogP contribution is 2.37. The predicted octanol–water partition coefficient (Wildman–Crippen LogP) is 3.39. The van der Waals surface area contributed by atoms with Crippen LogP contribution in [0.1, 0.15) is 64.7 Å². The highest BCUT2D eigenvalue weighted by molar-refractivity contribution is 6.03. The SMILES string of the molecule is CCCCCCCCCCNC(=O)CC(=O)Nc1cc(O)c(O)c(O)c1. The number of hydrogen-bond acceptors (Lipinski definition) is 5. The summed E-state index contributed by atoms with van der Waals surface area (Å²) in [5.41, 5.74) is 0.0960. The summed E-state index contributed by atoms with van der Waals surface area (Å²) in [5.74, 6) is -2.72. The lowest BCUT2D eigenvalue weighted by Gasteiger charge is -2.08.